The third kappa shape index (κ3) is 75.8. The van der Waals surface area contributed by atoms with Crippen molar-refractivity contribution in [3.8, 4) is 0 Å². The third-order valence-electron chi connectivity index (χ3n) is 16.9. The van der Waals surface area contributed by atoms with Gasteiger partial charge in [0.25, 0.3) is 7.82 Å². The molecule has 91 heavy (non-hydrogen) atoms. The molecule has 0 saturated carbocycles. The van der Waals surface area contributed by atoms with Crippen LogP contribution < -0.4 is 4.89 Å². The molecule has 0 N–H and O–H groups in total. The molecular weight excluding hydrogens is 1150 g/mol. The van der Waals surface area contributed by atoms with Crippen LogP contribution in [0.2, 0.25) is 0 Å². The predicted octanol–water partition coefficient (Wildman–Crippen LogP) is 24.8. The second kappa shape index (κ2) is 71.2. The first-order valence-corrected chi connectivity index (χ1v) is 39.9. The minimum atomic E-state index is -4.65. The molecule has 10 heteroatoms. The number of unbranched alkanes of at least 4 members (excludes halogenated alkanes) is 41. The van der Waals surface area contributed by atoms with E-state index < -0.39 is 26.5 Å². The van der Waals surface area contributed by atoms with Gasteiger partial charge in [0.2, 0.25) is 0 Å². The summed E-state index contributed by atoms with van der Waals surface area (Å²) in [5, 5.41) is 0. The Hall–Kier alpha value is -3.07. The van der Waals surface area contributed by atoms with Gasteiger partial charge in [-0.25, -0.2) is 0 Å². The standard InChI is InChI=1S/C81H146NO8P/c1-6-8-10-12-14-16-18-20-22-24-26-28-30-32-34-36-38-39-40-41-42-44-45-47-49-51-53-55-57-59-61-63-65-67-69-71-73-80(83)87-77-79(78-89-91(85,86)88-76-75-82(3,4)5)90-81(84)74-72-70-68-66-64-62-60-58-56-54-52-50-48-46-43-37-35-33-31-29-27-25-23-21-19-17-15-13-11-9-7-2/h9,11,15,17,21,23,27,29,33,35,43,46,50,52,56,58,79H,6-8,10,12-14,16,18-20,22,24-26,28,30-32,34,36-42,44-45,47-49,51,53-55,57,59-78H2,1-5H3/b11-9-,17-15-,23-21-,29-27-,35-33-,46-43-,52-50-,58-56-. The van der Waals surface area contributed by atoms with Crippen molar-refractivity contribution in [2.24, 2.45) is 0 Å². The SMILES string of the molecule is CC/C=C\C/C=C\C/C=C\C/C=C\C/C=C\C/C=C\C/C=C\C/C=C\CCCCCCCCC(=O)OC(COC(=O)CCCCCCCCCCCCCCCCCCCCCCCCCCCCCCCCCCCCCC)COP(=O)([O-])OCC[N+](C)(C)C. The lowest BCUT2D eigenvalue weighted by Gasteiger charge is -2.28. The van der Waals surface area contributed by atoms with Gasteiger partial charge in [0.1, 0.15) is 19.8 Å². The van der Waals surface area contributed by atoms with Gasteiger partial charge >= 0.3 is 11.9 Å². The molecule has 9 nitrogen and oxygen atoms in total. The first-order chi connectivity index (χ1) is 44.5. The van der Waals surface area contributed by atoms with E-state index in [1.165, 1.54) is 212 Å². The van der Waals surface area contributed by atoms with E-state index in [9.17, 15) is 19.0 Å². The van der Waals surface area contributed by atoms with Crippen LogP contribution in [0.25, 0.3) is 0 Å². The highest BCUT2D eigenvalue weighted by Gasteiger charge is 2.22. The van der Waals surface area contributed by atoms with Crippen molar-refractivity contribution in [1.29, 1.82) is 0 Å². The first-order valence-electron chi connectivity index (χ1n) is 38.4. The van der Waals surface area contributed by atoms with Gasteiger partial charge in [-0.05, 0) is 77.0 Å². The number of likely N-dealkylation sites (N-methyl/N-ethyl adjacent to an activating group) is 1. The quantitative estimate of drug-likeness (QED) is 0.0195. The minimum absolute atomic E-state index is 0.0371. The number of nitrogens with zero attached hydrogens (tertiary/aromatic N) is 1. The zero-order chi connectivity index (χ0) is 66.2. The first kappa shape index (κ1) is 87.9. The number of hydrogen-bond donors (Lipinski definition) is 0. The average molecular weight is 1290 g/mol. The number of allylic oxidation sites excluding steroid dienone is 16. The van der Waals surface area contributed by atoms with E-state index in [0.717, 1.165) is 109 Å². The fraction of sp³-hybridized carbons (Fsp3) is 0.778. The molecular formula is C81H146NO8P. The lowest BCUT2D eigenvalue weighted by Crippen LogP contribution is -2.37. The van der Waals surface area contributed by atoms with Crippen molar-refractivity contribution in [2.45, 2.75) is 360 Å². The molecule has 0 aromatic carbocycles. The molecule has 0 aromatic rings. The number of carbonyl (C=O) groups is 2. The number of ether oxygens (including phenoxy) is 2. The zero-order valence-corrected chi connectivity index (χ0v) is 61.2. The Kier molecular flexibility index (Phi) is 68.8. The summed E-state index contributed by atoms with van der Waals surface area (Å²) in [6.45, 7) is 4.15. The Morgan fingerprint density at radius 1 is 0.352 bits per heavy atom. The molecule has 528 valence electrons. The van der Waals surface area contributed by atoms with E-state index in [1.807, 2.05) is 21.1 Å². The Labute approximate surface area is 564 Å². The summed E-state index contributed by atoms with van der Waals surface area (Å²) in [5.41, 5.74) is 0. The molecule has 2 atom stereocenters. The van der Waals surface area contributed by atoms with E-state index in [0.29, 0.717) is 17.4 Å². The monoisotopic (exact) mass is 1290 g/mol. The Morgan fingerprint density at radius 2 is 0.626 bits per heavy atom. The molecule has 0 aliphatic heterocycles. The van der Waals surface area contributed by atoms with Crippen LogP contribution in [0, 0.1) is 0 Å². The fourth-order valence-electron chi connectivity index (χ4n) is 11.0. The Morgan fingerprint density at radius 3 is 0.934 bits per heavy atom. The topological polar surface area (TPSA) is 111 Å². The molecule has 0 heterocycles. The molecule has 0 amide bonds. The summed E-state index contributed by atoms with van der Waals surface area (Å²) < 4.78 is 34.4. The summed E-state index contributed by atoms with van der Waals surface area (Å²) in [7, 11) is 1.16. The van der Waals surface area contributed by atoms with Gasteiger partial charge in [0, 0.05) is 12.8 Å². The highest BCUT2D eigenvalue weighted by molar-refractivity contribution is 7.45. The molecule has 0 rings (SSSR count). The lowest BCUT2D eigenvalue weighted by atomic mass is 10.0. The highest BCUT2D eigenvalue weighted by atomic mass is 31.2. The van der Waals surface area contributed by atoms with Crippen molar-refractivity contribution in [1.82, 2.24) is 0 Å². The van der Waals surface area contributed by atoms with Crippen molar-refractivity contribution in [3.05, 3.63) is 97.2 Å². The average Bonchev–Trinajstić information content (AvgIpc) is 3.30. The van der Waals surface area contributed by atoms with Crippen molar-refractivity contribution in [2.75, 3.05) is 47.5 Å². The normalized spacial score (nSPS) is 13.6. The van der Waals surface area contributed by atoms with Gasteiger partial charge in [-0.3, -0.25) is 14.2 Å². The van der Waals surface area contributed by atoms with Crippen LogP contribution in [0.4, 0.5) is 0 Å². The van der Waals surface area contributed by atoms with Crippen LogP contribution in [-0.4, -0.2) is 70.0 Å². The minimum Gasteiger partial charge on any atom is -0.756 e. The zero-order valence-electron chi connectivity index (χ0n) is 60.3. The summed E-state index contributed by atoms with van der Waals surface area (Å²) in [4.78, 5) is 38.1. The fourth-order valence-corrected chi connectivity index (χ4v) is 11.8. The van der Waals surface area contributed by atoms with Gasteiger partial charge in [-0.2, -0.15) is 0 Å². The van der Waals surface area contributed by atoms with Crippen LogP contribution in [0.3, 0.4) is 0 Å². The highest BCUT2D eigenvalue weighted by Crippen LogP contribution is 2.38. The van der Waals surface area contributed by atoms with Gasteiger partial charge in [-0.1, -0.05) is 361 Å². The molecule has 0 fully saturated rings. The lowest BCUT2D eigenvalue weighted by molar-refractivity contribution is -0.870. The van der Waals surface area contributed by atoms with Gasteiger partial charge in [-0.15, -0.1) is 0 Å². The number of carbonyl (C=O) groups excluding carboxylic acids is 2. The maximum atomic E-state index is 12.9. The third-order valence-corrected chi connectivity index (χ3v) is 17.8. The largest absolute Gasteiger partial charge is 0.756 e. The van der Waals surface area contributed by atoms with E-state index >= 15 is 0 Å². The summed E-state index contributed by atoms with van der Waals surface area (Å²) in [6, 6.07) is 0. The number of quaternary nitrogens is 1. The molecule has 0 saturated heterocycles. The second-order valence-electron chi connectivity index (χ2n) is 27.0. The molecule has 0 aliphatic rings. The molecule has 0 aromatic heterocycles. The van der Waals surface area contributed by atoms with E-state index in [2.05, 4.69) is 111 Å². The Bertz CT molecular complexity index is 1860. The van der Waals surface area contributed by atoms with E-state index in [1.54, 1.807) is 0 Å². The van der Waals surface area contributed by atoms with E-state index in [4.69, 9.17) is 18.5 Å². The molecule has 0 spiro atoms. The number of esters is 2. The number of hydrogen-bond acceptors (Lipinski definition) is 8. The van der Waals surface area contributed by atoms with Crippen LogP contribution in [0.5, 0.6) is 0 Å². The molecule has 0 radical (unpaired) electrons. The van der Waals surface area contributed by atoms with Crippen molar-refractivity contribution in [3.63, 3.8) is 0 Å². The Balaban J connectivity index is 4.01. The van der Waals surface area contributed by atoms with Crippen LogP contribution in [0.1, 0.15) is 354 Å². The van der Waals surface area contributed by atoms with Crippen LogP contribution >= 0.6 is 7.82 Å². The molecule has 0 aliphatic carbocycles. The van der Waals surface area contributed by atoms with Crippen LogP contribution in [0.15, 0.2) is 97.2 Å². The van der Waals surface area contributed by atoms with Gasteiger partial charge < -0.3 is 27.9 Å². The number of rotatable bonds is 71. The maximum Gasteiger partial charge on any atom is 0.306 e. The van der Waals surface area contributed by atoms with Crippen LogP contribution in [-0.2, 0) is 32.7 Å². The summed E-state index contributed by atoms with van der Waals surface area (Å²) >= 11 is 0. The number of phosphoric acid groups is 1. The summed E-state index contributed by atoms with van der Waals surface area (Å²) in [6.07, 6.45) is 99.5. The second-order valence-corrected chi connectivity index (χ2v) is 28.4. The maximum absolute atomic E-state index is 12.9. The van der Waals surface area contributed by atoms with Crippen molar-refractivity contribution >= 4 is 19.8 Å². The smallest absolute Gasteiger partial charge is 0.306 e. The molecule has 2 unspecified atom stereocenters. The molecule has 0 bridgehead atoms. The number of phosphoric ester groups is 1. The van der Waals surface area contributed by atoms with Crippen molar-refractivity contribution < 1.29 is 42.1 Å². The van der Waals surface area contributed by atoms with Gasteiger partial charge in [0.05, 0.1) is 27.7 Å². The van der Waals surface area contributed by atoms with Gasteiger partial charge in [0.15, 0.2) is 6.10 Å². The summed E-state index contributed by atoms with van der Waals surface area (Å²) in [5.74, 6) is -0.841. The predicted molar refractivity (Wildman–Crippen MR) is 392 cm³/mol. The van der Waals surface area contributed by atoms with E-state index in [-0.39, 0.29) is 32.0 Å².